The number of ketones is 1. The van der Waals surface area contributed by atoms with Gasteiger partial charge in [0.15, 0.2) is 5.78 Å². The number of likely N-dealkylation sites (N-methyl/N-ethyl adjacent to an activating group) is 1. The van der Waals surface area contributed by atoms with E-state index in [1.165, 1.54) is 61.2 Å². The van der Waals surface area contributed by atoms with Gasteiger partial charge in [0.25, 0.3) is 0 Å². The smallest absolute Gasteiger partial charge is 0.310 e. The molecule has 3 aliphatic rings. The van der Waals surface area contributed by atoms with E-state index < -0.39 is 6.47 Å². The highest BCUT2D eigenvalue weighted by atomic mass is 19.1. The van der Waals surface area contributed by atoms with Crippen molar-refractivity contribution in [1.29, 1.82) is 0 Å². The number of hydrogen-bond donors (Lipinski definition) is 0. The first kappa shape index (κ1) is 34.4. The van der Waals surface area contributed by atoms with Gasteiger partial charge in [-0.3, -0.25) is 14.1 Å². The number of Topliss-reactive ketones (excluding diaryl/α,β-unsaturated/α-hetero) is 1. The minimum absolute atomic E-state index is 0.0370. The average molecular weight is 624 g/mol. The van der Waals surface area contributed by atoms with Gasteiger partial charge in [0.05, 0.1) is 36.9 Å². The molecule has 246 valence electrons. The van der Waals surface area contributed by atoms with E-state index in [1.807, 2.05) is 0 Å². The molecule has 0 amide bonds. The average Bonchev–Trinajstić information content (AvgIpc) is 3.35. The van der Waals surface area contributed by atoms with Gasteiger partial charge in [-0.2, -0.15) is 0 Å². The SMILES string of the molecule is CCCCCCCCCC(=O)OC[N+]1(CCCC(=O)c2ccc(F)cc2)CC[C@H]2[C@@H](C1)c1cccc3c1N2CCN3C.O=C[O-]. The van der Waals surface area contributed by atoms with Crippen molar-refractivity contribution in [2.75, 3.05) is 56.3 Å². The molecule has 2 aromatic rings. The maximum Gasteiger partial charge on any atom is 0.310 e. The lowest BCUT2D eigenvalue weighted by atomic mass is 9.87. The molecule has 0 bridgehead atoms. The lowest BCUT2D eigenvalue weighted by Gasteiger charge is -2.47. The van der Waals surface area contributed by atoms with Crippen LogP contribution in [0.25, 0.3) is 0 Å². The van der Waals surface area contributed by atoms with E-state index >= 15 is 0 Å². The number of para-hydroxylation sites is 1. The van der Waals surface area contributed by atoms with Crippen LogP contribution in [-0.2, 0) is 14.3 Å². The lowest BCUT2D eigenvalue weighted by Crippen LogP contribution is -2.60. The molecule has 0 aromatic heterocycles. The number of carboxylic acid groups (broad SMARTS) is 1. The first-order valence-corrected chi connectivity index (χ1v) is 16.8. The predicted molar refractivity (Wildman–Crippen MR) is 173 cm³/mol. The van der Waals surface area contributed by atoms with E-state index in [9.17, 15) is 14.0 Å². The zero-order chi connectivity index (χ0) is 32.2. The third-order valence-electron chi connectivity index (χ3n) is 9.85. The first-order chi connectivity index (χ1) is 21.8. The first-order valence-electron chi connectivity index (χ1n) is 16.8. The van der Waals surface area contributed by atoms with Crippen molar-refractivity contribution in [3.05, 3.63) is 59.4 Å². The summed E-state index contributed by atoms with van der Waals surface area (Å²) < 4.78 is 20.1. The molecule has 1 fully saturated rings. The van der Waals surface area contributed by atoms with Crippen molar-refractivity contribution >= 4 is 29.6 Å². The molecule has 0 radical (unpaired) electrons. The van der Waals surface area contributed by atoms with Gasteiger partial charge in [-0.15, -0.1) is 0 Å². The van der Waals surface area contributed by atoms with Gasteiger partial charge in [-0.25, -0.2) is 4.39 Å². The fourth-order valence-electron chi connectivity index (χ4n) is 7.45. The molecule has 0 spiro atoms. The van der Waals surface area contributed by atoms with Crippen LogP contribution >= 0.6 is 0 Å². The zero-order valence-corrected chi connectivity index (χ0v) is 27.1. The van der Waals surface area contributed by atoms with Crippen LogP contribution in [0.15, 0.2) is 42.5 Å². The molecule has 0 saturated carbocycles. The number of fused-ring (bicyclic) bond motifs is 3. The van der Waals surface area contributed by atoms with Gasteiger partial charge in [-0.05, 0) is 42.3 Å². The number of halogens is 1. The summed E-state index contributed by atoms with van der Waals surface area (Å²) in [6.07, 6.45) is 10.9. The topological polar surface area (TPSA) is 90.0 Å². The summed E-state index contributed by atoms with van der Waals surface area (Å²) in [7, 11) is 2.18. The Bertz CT molecular complexity index is 1270. The minimum atomic E-state index is -0.500. The van der Waals surface area contributed by atoms with Crippen LogP contribution in [-0.4, -0.2) is 75.3 Å². The molecule has 8 nitrogen and oxygen atoms in total. The molecule has 0 N–H and O–H groups in total. The molecular formula is C36H50FN3O5. The summed E-state index contributed by atoms with van der Waals surface area (Å²) in [5.74, 6) is -0.00738. The molecular weight excluding hydrogens is 573 g/mol. The number of likely N-dealkylation sites (tertiary alicyclic amines) is 1. The zero-order valence-electron chi connectivity index (χ0n) is 27.1. The fourth-order valence-corrected chi connectivity index (χ4v) is 7.45. The number of rotatable bonds is 15. The van der Waals surface area contributed by atoms with Crippen molar-refractivity contribution in [2.45, 2.75) is 89.5 Å². The van der Waals surface area contributed by atoms with Crippen molar-refractivity contribution < 1.29 is 33.1 Å². The van der Waals surface area contributed by atoms with Crippen LogP contribution in [0.5, 0.6) is 0 Å². The summed E-state index contributed by atoms with van der Waals surface area (Å²) in [4.78, 5) is 39.0. The second kappa shape index (κ2) is 16.7. The van der Waals surface area contributed by atoms with E-state index in [2.05, 4.69) is 42.0 Å². The maximum atomic E-state index is 13.4. The fraction of sp³-hybridized carbons (Fsp3) is 0.583. The molecule has 9 heteroatoms. The highest BCUT2D eigenvalue weighted by molar-refractivity contribution is 5.95. The van der Waals surface area contributed by atoms with Gasteiger partial charge < -0.3 is 24.4 Å². The number of esters is 1. The van der Waals surface area contributed by atoms with Gasteiger partial charge >= 0.3 is 5.97 Å². The lowest BCUT2D eigenvalue weighted by molar-refractivity contribution is -0.949. The van der Waals surface area contributed by atoms with Crippen molar-refractivity contribution in [1.82, 2.24) is 0 Å². The predicted octanol–water partition coefficient (Wildman–Crippen LogP) is 5.44. The van der Waals surface area contributed by atoms with Crippen molar-refractivity contribution in [2.24, 2.45) is 0 Å². The number of ether oxygens (including phenoxy) is 1. The summed E-state index contributed by atoms with van der Waals surface area (Å²) in [6.45, 7) is 6.81. The molecule has 0 aliphatic carbocycles. The number of carbonyl (C=O) groups excluding carboxylic acids is 3. The Labute approximate surface area is 267 Å². The summed E-state index contributed by atoms with van der Waals surface area (Å²) in [5, 5.41) is 8.25. The van der Waals surface area contributed by atoms with E-state index in [0.29, 0.717) is 48.0 Å². The molecule has 1 saturated heterocycles. The van der Waals surface area contributed by atoms with Crippen molar-refractivity contribution in [3.63, 3.8) is 0 Å². The van der Waals surface area contributed by atoms with E-state index in [1.54, 1.807) is 12.1 Å². The molecule has 3 heterocycles. The number of piperidine rings is 1. The second-order valence-electron chi connectivity index (χ2n) is 12.9. The number of anilines is 2. The van der Waals surface area contributed by atoms with Crippen LogP contribution in [0.4, 0.5) is 15.8 Å². The second-order valence-corrected chi connectivity index (χ2v) is 12.9. The summed E-state index contributed by atoms with van der Waals surface area (Å²) >= 11 is 0. The summed E-state index contributed by atoms with van der Waals surface area (Å²) in [6, 6.07) is 13.0. The van der Waals surface area contributed by atoms with E-state index in [0.717, 1.165) is 52.0 Å². The third kappa shape index (κ3) is 8.84. The van der Waals surface area contributed by atoms with Gasteiger partial charge in [0, 0.05) is 63.9 Å². The normalized spacial score (nSPS) is 21.3. The van der Waals surface area contributed by atoms with Crippen LogP contribution in [0.1, 0.15) is 99.4 Å². The van der Waals surface area contributed by atoms with Crippen LogP contribution in [0, 0.1) is 5.82 Å². The Morgan fingerprint density at radius 1 is 1.00 bits per heavy atom. The number of nitrogens with zero attached hydrogens (tertiary/aromatic N) is 3. The number of quaternary nitrogens is 1. The number of hydrogen-bond acceptors (Lipinski definition) is 7. The Morgan fingerprint density at radius 3 is 2.44 bits per heavy atom. The third-order valence-corrected chi connectivity index (χ3v) is 9.85. The molecule has 45 heavy (non-hydrogen) atoms. The molecule has 3 aliphatic heterocycles. The monoisotopic (exact) mass is 623 g/mol. The Morgan fingerprint density at radius 2 is 1.71 bits per heavy atom. The van der Waals surface area contributed by atoms with Gasteiger partial charge in [0.1, 0.15) is 5.82 Å². The minimum Gasteiger partial charge on any atom is -0.554 e. The van der Waals surface area contributed by atoms with E-state index in [4.69, 9.17) is 14.6 Å². The quantitative estimate of drug-likeness (QED) is 0.0859. The largest absolute Gasteiger partial charge is 0.554 e. The van der Waals surface area contributed by atoms with E-state index in [-0.39, 0.29) is 17.6 Å². The van der Waals surface area contributed by atoms with Crippen molar-refractivity contribution in [3.8, 4) is 0 Å². The Balaban J connectivity index is 0.00000148. The highest BCUT2D eigenvalue weighted by Crippen LogP contribution is 2.51. The number of carbonyl (C=O) groups is 3. The highest BCUT2D eigenvalue weighted by Gasteiger charge is 2.50. The Kier molecular flexibility index (Phi) is 12.8. The standard InChI is InChI=1S/C35H49FN3O3.CH2O2/c1-3-4-5-6-7-8-9-15-34(41)42-26-39(23-11-14-33(40)27-16-18-28(36)19-17-27)24-20-31-30(25-39)29-12-10-13-32-35(29)38(31)22-21-37(32)2;2-1-3/h10,12-13,16-19,30-31H,3-9,11,14-15,20-26H2,1-2H3;1H,(H,2,3)/q+1;/p-1/t30-,31-,39?;/m0./s1. The molecule has 5 rings (SSSR count). The van der Waals surface area contributed by atoms with Gasteiger partial charge in [-0.1, -0.05) is 57.6 Å². The van der Waals surface area contributed by atoms with Crippen LogP contribution < -0.4 is 14.9 Å². The molecule has 3 atom stereocenters. The number of benzene rings is 2. The molecule has 1 unspecified atom stereocenters. The van der Waals surface area contributed by atoms with Crippen LogP contribution in [0.2, 0.25) is 0 Å². The molecule has 2 aromatic carbocycles. The Hall–Kier alpha value is -3.46. The summed E-state index contributed by atoms with van der Waals surface area (Å²) in [5.41, 5.74) is 4.68. The van der Waals surface area contributed by atoms with Crippen LogP contribution in [0.3, 0.4) is 0 Å². The maximum absolute atomic E-state index is 13.4. The number of unbranched alkanes of at least 4 members (excludes halogenated alkanes) is 6. The van der Waals surface area contributed by atoms with Gasteiger partial charge in [0.2, 0.25) is 6.73 Å².